The molecule has 334 valence electrons. The van der Waals surface area contributed by atoms with Gasteiger partial charge in [0.25, 0.3) is 0 Å². The summed E-state index contributed by atoms with van der Waals surface area (Å²) in [6, 6.07) is 8.61. The van der Waals surface area contributed by atoms with Crippen LogP contribution in [0, 0.1) is 29.1 Å². The maximum absolute atomic E-state index is 14.7. The van der Waals surface area contributed by atoms with E-state index in [0.29, 0.717) is 5.92 Å². The third-order valence-electron chi connectivity index (χ3n) is 16.1. The van der Waals surface area contributed by atoms with Crippen molar-refractivity contribution in [2.75, 3.05) is 6.61 Å². The SMILES string of the molecule is C=C1/C(=C/C=C2\CCC[C@@]3(C)C2CC[C@@H]3[C@H](C)C(O)C([C@@H]2COC(C)(C)OC2(C)C)S(=O)(=O)c2ccccc2)C[C@@H](O[Si](C)(C)C(C)(C)C)C[C@@H]1O[Si](C)(C)C(C)(C)C. The molecule has 0 amide bonds. The molecule has 3 aliphatic carbocycles. The molecule has 1 saturated heterocycles. The Bertz CT molecular complexity index is 1830. The molecule has 5 rings (SSSR count). The number of aliphatic hydroxyl groups excluding tert-OH is 1. The first-order valence-electron chi connectivity index (χ1n) is 22.6. The lowest BCUT2D eigenvalue weighted by Crippen LogP contribution is -2.60. The fourth-order valence-electron chi connectivity index (χ4n) is 10.6. The van der Waals surface area contributed by atoms with Gasteiger partial charge in [0, 0.05) is 12.3 Å². The van der Waals surface area contributed by atoms with Gasteiger partial charge in [-0.15, -0.1) is 0 Å². The molecule has 9 atom stereocenters. The van der Waals surface area contributed by atoms with Crippen LogP contribution in [0.3, 0.4) is 0 Å². The number of fused-ring (bicyclic) bond motifs is 1. The van der Waals surface area contributed by atoms with Gasteiger partial charge in [0.15, 0.2) is 32.3 Å². The Kier molecular flexibility index (Phi) is 14.0. The van der Waals surface area contributed by atoms with Gasteiger partial charge in [-0.2, -0.15) is 0 Å². The monoisotopic (exact) mass is 871 g/mol. The van der Waals surface area contributed by atoms with Crippen LogP contribution in [0.25, 0.3) is 0 Å². The number of aliphatic hydroxyl groups is 1. The van der Waals surface area contributed by atoms with E-state index in [-0.39, 0.29) is 51.0 Å². The molecule has 4 aliphatic rings. The Balaban J connectivity index is 1.46. The van der Waals surface area contributed by atoms with Crippen LogP contribution in [0.15, 0.2) is 70.7 Å². The van der Waals surface area contributed by atoms with E-state index in [4.69, 9.17) is 24.9 Å². The highest BCUT2D eigenvalue weighted by Crippen LogP contribution is 2.60. The smallest absolute Gasteiger partial charge is 0.192 e. The van der Waals surface area contributed by atoms with E-state index in [2.05, 4.69) is 93.7 Å². The zero-order valence-corrected chi connectivity index (χ0v) is 42.6. The van der Waals surface area contributed by atoms with Crippen molar-refractivity contribution in [3.05, 3.63) is 65.8 Å². The first-order chi connectivity index (χ1) is 26.8. The van der Waals surface area contributed by atoms with E-state index in [0.717, 1.165) is 50.5 Å². The summed E-state index contributed by atoms with van der Waals surface area (Å²) in [4.78, 5) is 0.224. The molecular formula is C49H82O7SSi2. The van der Waals surface area contributed by atoms with Gasteiger partial charge in [-0.3, -0.25) is 0 Å². The van der Waals surface area contributed by atoms with Crippen molar-refractivity contribution in [1.29, 1.82) is 0 Å². The zero-order chi connectivity index (χ0) is 44.4. The summed E-state index contributed by atoms with van der Waals surface area (Å²) >= 11 is 0. The number of benzene rings is 1. The second kappa shape index (κ2) is 17.0. The van der Waals surface area contributed by atoms with Gasteiger partial charge in [-0.25, -0.2) is 8.42 Å². The number of sulfone groups is 1. The molecular weight excluding hydrogens is 789 g/mol. The number of hydrogen-bond acceptors (Lipinski definition) is 7. The van der Waals surface area contributed by atoms with Crippen molar-refractivity contribution in [2.45, 2.75) is 204 Å². The third kappa shape index (κ3) is 10.1. The predicted molar refractivity (Wildman–Crippen MR) is 248 cm³/mol. The molecule has 0 aromatic heterocycles. The number of ether oxygens (including phenoxy) is 2. The number of rotatable bonds is 11. The second-order valence-corrected chi connectivity index (χ2v) is 34.7. The van der Waals surface area contributed by atoms with Crippen molar-refractivity contribution < 1.29 is 31.9 Å². The van der Waals surface area contributed by atoms with Crippen LogP contribution in [0.1, 0.15) is 128 Å². The average Bonchev–Trinajstić information content (AvgIpc) is 3.45. The largest absolute Gasteiger partial charge is 0.413 e. The minimum Gasteiger partial charge on any atom is -0.413 e. The normalized spacial score (nSPS) is 32.5. The number of allylic oxidation sites excluding steroid dienone is 3. The first kappa shape index (κ1) is 48.7. The lowest BCUT2D eigenvalue weighted by molar-refractivity contribution is -0.324. The molecule has 1 aromatic carbocycles. The summed E-state index contributed by atoms with van der Waals surface area (Å²) in [5.74, 6) is -1.20. The average molecular weight is 871 g/mol. The molecule has 1 aliphatic heterocycles. The zero-order valence-electron chi connectivity index (χ0n) is 39.8. The summed E-state index contributed by atoms with van der Waals surface area (Å²) in [7, 11) is -8.09. The van der Waals surface area contributed by atoms with Crippen LogP contribution in [0.2, 0.25) is 36.3 Å². The van der Waals surface area contributed by atoms with Crippen molar-refractivity contribution in [2.24, 2.45) is 29.1 Å². The molecule has 7 nitrogen and oxygen atoms in total. The van der Waals surface area contributed by atoms with E-state index in [1.54, 1.807) is 24.3 Å². The van der Waals surface area contributed by atoms with Crippen molar-refractivity contribution in [3.8, 4) is 0 Å². The molecule has 59 heavy (non-hydrogen) atoms. The van der Waals surface area contributed by atoms with Crippen LogP contribution in [-0.2, 0) is 28.2 Å². The second-order valence-electron chi connectivity index (χ2n) is 23.1. The van der Waals surface area contributed by atoms with Crippen LogP contribution >= 0.6 is 0 Å². The lowest BCUT2D eigenvalue weighted by Gasteiger charge is -2.51. The standard InChI is InChI=1S/C49H82O7SSi2/c1-33-36(30-37(54-58(14,15)45(3,4)5)31-42(33)55-59(16,17)46(6,7)8)26-25-35-22-21-29-49(13)39(27-28-40(35)49)34(2)43(50)44(57(51,52)38-23-19-18-20-24-38)41-32-53-48(11,12)56-47(41,9)10/h18-20,23-26,34,37,39-44,50H,1,21-22,27-32H2,2-17H3/b35-25+,36-26+/t34-,37+,39+,40?,41-,42-,43?,44?,49+/m0/s1. The van der Waals surface area contributed by atoms with Crippen LogP contribution in [0.5, 0.6) is 0 Å². The summed E-state index contributed by atoms with van der Waals surface area (Å²) in [5.41, 5.74) is 2.86. The topological polar surface area (TPSA) is 91.3 Å². The fraction of sp³-hybridized carbons (Fsp3) is 0.755. The maximum Gasteiger partial charge on any atom is 0.192 e. The summed E-state index contributed by atoms with van der Waals surface area (Å²) in [5, 5.41) is 11.7. The quantitative estimate of drug-likeness (QED) is 0.221. The minimum absolute atomic E-state index is 0.0741. The molecule has 4 fully saturated rings. The highest BCUT2D eigenvalue weighted by Gasteiger charge is 2.57. The predicted octanol–water partition coefficient (Wildman–Crippen LogP) is 12.2. The first-order valence-corrected chi connectivity index (χ1v) is 30.0. The van der Waals surface area contributed by atoms with E-state index in [1.165, 1.54) is 11.1 Å². The summed E-state index contributed by atoms with van der Waals surface area (Å²) < 4.78 is 56.2. The Morgan fingerprint density at radius 3 is 2.07 bits per heavy atom. The lowest BCUT2D eigenvalue weighted by atomic mass is 9.60. The molecule has 3 saturated carbocycles. The molecule has 1 heterocycles. The van der Waals surface area contributed by atoms with Crippen LogP contribution in [0.4, 0.5) is 0 Å². The van der Waals surface area contributed by atoms with Gasteiger partial charge in [0.05, 0.1) is 40.7 Å². The number of hydrogen-bond donors (Lipinski definition) is 1. The van der Waals surface area contributed by atoms with Gasteiger partial charge in [-0.1, -0.05) is 97.9 Å². The van der Waals surface area contributed by atoms with Gasteiger partial charge in [0.2, 0.25) is 0 Å². The third-order valence-corrected chi connectivity index (χ3v) is 27.4. The van der Waals surface area contributed by atoms with E-state index >= 15 is 0 Å². The Labute approximate surface area is 362 Å². The molecule has 1 aromatic rings. The minimum atomic E-state index is -3.97. The Morgan fingerprint density at radius 1 is 0.898 bits per heavy atom. The van der Waals surface area contributed by atoms with Crippen LogP contribution < -0.4 is 0 Å². The van der Waals surface area contributed by atoms with E-state index in [1.807, 2.05) is 33.8 Å². The fourth-order valence-corrected chi connectivity index (χ4v) is 15.5. The maximum atomic E-state index is 14.7. The molecule has 10 heteroatoms. The highest BCUT2D eigenvalue weighted by molar-refractivity contribution is 7.92. The van der Waals surface area contributed by atoms with Crippen LogP contribution in [-0.4, -0.2) is 71.7 Å². The molecule has 1 N–H and O–H groups in total. The highest BCUT2D eigenvalue weighted by atomic mass is 32.2. The Morgan fingerprint density at radius 2 is 1.49 bits per heavy atom. The van der Waals surface area contributed by atoms with E-state index < -0.39 is 55.1 Å². The molecule has 0 spiro atoms. The Hall–Kier alpha value is -1.38. The molecule has 0 radical (unpaired) electrons. The van der Waals surface area contributed by atoms with E-state index in [9.17, 15) is 13.5 Å². The summed E-state index contributed by atoms with van der Waals surface area (Å²) in [6.45, 7) is 40.2. The van der Waals surface area contributed by atoms with Crippen molar-refractivity contribution in [3.63, 3.8) is 0 Å². The van der Waals surface area contributed by atoms with Gasteiger partial charge < -0.3 is 23.4 Å². The summed E-state index contributed by atoms with van der Waals surface area (Å²) in [6.07, 6.45) is 10.4. The molecule has 3 unspecified atom stereocenters. The van der Waals surface area contributed by atoms with Gasteiger partial charge in [-0.05, 0) is 149 Å². The van der Waals surface area contributed by atoms with Gasteiger partial charge >= 0.3 is 0 Å². The van der Waals surface area contributed by atoms with Crippen molar-refractivity contribution in [1.82, 2.24) is 0 Å². The molecule has 0 bridgehead atoms. The van der Waals surface area contributed by atoms with Gasteiger partial charge in [0.1, 0.15) is 0 Å². The van der Waals surface area contributed by atoms with Crippen molar-refractivity contribution >= 4 is 26.5 Å².